The molecule has 74 valence electrons. The summed E-state index contributed by atoms with van der Waals surface area (Å²) in [5.74, 6) is 0.109. The number of nitrogens with zero attached hydrogens (tertiary/aromatic N) is 1. The minimum atomic E-state index is -4.24. The van der Waals surface area contributed by atoms with E-state index in [0.29, 0.717) is 21.9 Å². The Balaban J connectivity index is 0.00000196. The first-order valence-corrected chi connectivity index (χ1v) is 6.51. The Morgan fingerprint density at radius 3 is 2.27 bits per heavy atom. The van der Waals surface area contributed by atoms with Gasteiger partial charge in [0, 0.05) is 5.75 Å². The molecular formula is C8H6NNaO3S2. The van der Waals surface area contributed by atoms with E-state index in [-0.39, 0.29) is 35.3 Å². The molecule has 0 amide bonds. The Labute approximate surface area is 114 Å². The summed E-state index contributed by atoms with van der Waals surface area (Å²) in [5.41, 5.74) is 1.21. The Morgan fingerprint density at radius 2 is 1.87 bits per heavy atom. The van der Waals surface area contributed by atoms with Crippen molar-refractivity contribution in [2.75, 3.05) is 0 Å². The molecule has 0 fully saturated rings. The van der Waals surface area contributed by atoms with Gasteiger partial charge in [0.1, 0.15) is 9.15 Å². The summed E-state index contributed by atoms with van der Waals surface area (Å²) < 4.78 is 30.8. The molecule has 0 aromatic heterocycles. The summed E-state index contributed by atoms with van der Waals surface area (Å²) >= 11 is 0. The van der Waals surface area contributed by atoms with Gasteiger partial charge in [-0.25, -0.2) is 8.42 Å². The summed E-state index contributed by atoms with van der Waals surface area (Å²) in [4.78, 5) is 0. The van der Waals surface area contributed by atoms with Crippen LogP contribution in [0.5, 0.6) is 0 Å². The minimum absolute atomic E-state index is 0. The smallest absolute Gasteiger partial charge is 0.739 e. The van der Waals surface area contributed by atoms with Gasteiger partial charge in [0.25, 0.3) is 0 Å². The maximum Gasteiger partial charge on any atom is 1.00 e. The van der Waals surface area contributed by atoms with Gasteiger partial charge in [-0.05, 0) is 28.5 Å². The largest absolute Gasteiger partial charge is 1.00 e. The molecule has 0 aliphatic carbocycles. The molecule has 0 radical (unpaired) electrons. The van der Waals surface area contributed by atoms with Crippen LogP contribution in [0.25, 0.3) is 0 Å². The van der Waals surface area contributed by atoms with E-state index in [9.17, 15) is 13.0 Å². The zero-order valence-electron chi connectivity index (χ0n) is 8.00. The number of hydrogen-bond donors (Lipinski definition) is 0. The molecule has 0 bridgehead atoms. The second-order valence-electron chi connectivity index (χ2n) is 2.48. The zero-order valence-corrected chi connectivity index (χ0v) is 11.6. The molecule has 15 heavy (non-hydrogen) atoms. The van der Waals surface area contributed by atoms with Gasteiger partial charge in [-0.2, -0.15) is 5.26 Å². The van der Waals surface area contributed by atoms with Crippen LogP contribution >= 0.6 is 10.8 Å². The first-order valence-electron chi connectivity index (χ1n) is 3.60. The van der Waals surface area contributed by atoms with Crippen molar-refractivity contribution in [1.29, 1.82) is 5.26 Å². The quantitative estimate of drug-likeness (QED) is 0.362. The molecule has 0 unspecified atom stereocenters. The van der Waals surface area contributed by atoms with E-state index in [1.54, 1.807) is 24.3 Å². The van der Waals surface area contributed by atoms with E-state index in [0.717, 1.165) is 0 Å². The number of nitriles is 1. The fraction of sp³-hybridized carbons (Fsp3) is 0.125. The third-order valence-corrected chi connectivity index (χ3v) is 3.41. The molecular weight excluding hydrogens is 245 g/mol. The second-order valence-corrected chi connectivity index (χ2v) is 5.75. The molecule has 0 atom stereocenters. The first-order chi connectivity index (χ1) is 6.51. The Hall–Kier alpha value is -0.0300. The predicted octanol–water partition coefficient (Wildman–Crippen LogP) is -1.74. The van der Waals surface area contributed by atoms with Crippen molar-refractivity contribution in [3.05, 3.63) is 35.4 Å². The SMILES string of the molecule is N#Cc1ccc(CSS(=O)(=O)[O-])cc1.[Na+]. The number of hydrogen-bond acceptors (Lipinski definition) is 5. The third kappa shape index (κ3) is 6.20. The molecule has 0 saturated heterocycles. The van der Waals surface area contributed by atoms with Crippen LogP contribution in [0.1, 0.15) is 11.1 Å². The van der Waals surface area contributed by atoms with Gasteiger partial charge in [-0.15, -0.1) is 0 Å². The summed E-state index contributed by atoms with van der Waals surface area (Å²) in [6.07, 6.45) is 0. The molecule has 0 N–H and O–H groups in total. The van der Waals surface area contributed by atoms with Crippen molar-refractivity contribution in [1.82, 2.24) is 0 Å². The topological polar surface area (TPSA) is 81.0 Å². The van der Waals surface area contributed by atoms with Gasteiger partial charge in [-0.1, -0.05) is 12.1 Å². The second kappa shape index (κ2) is 6.53. The van der Waals surface area contributed by atoms with Gasteiger partial charge < -0.3 is 4.55 Å². The Bertz CT molecular complexity index is 450. The fourth-order valence-corrected chi connectivity index (χ4v) is 2.13. The van der Waals surface area contributed by atoms with E-state index in [1.807, 2.05) is 6.07 Å². The van der Waals surface area contributed by atoms with Crippen LogP contribution in [0.4, 0.5) is 0 Å². The van der Waals surface area contributed by atoms with Crippen LogP contribution in [-0.4, -0.2) is 13.0 Å². The Morgan fingerprint density at radius 1 is 1.33 bits per heavy atom. The fourth-order valence-electron chi connectivity index (χ4n) is 0.816. The van der Waals surface area contributed by atoms with Crippen LogP contribution < -0.4 is 29.6 Å². The molecule has 0 heterocycles. The summed E-state index contributed by atoms with van der Waals surface area (Å²) in [6, 6.07) is 8.34. The summed E-state index contributed by atoms with van der Waals surface area (Å²) in [6.45, 7) is 0. The van der Waals surface area contributed by atoms with Gasteiger partial charge in [0.15, 0.2) is 0 Å². The predicted molar refractivity (Wildman–Crippen MR) is 52.1 cm³/mol. The standard InChI is InChI=1S/C8H7NO3S2.Na/c9-5-7-1-3-8(4-2-7)6-13-14(10,11)12;/h1-4H,6H2,(H,10,11,12);/q;+1/p-1. The van der Waals surface area contributed by atoms with E-state index in [4.69, 9.17) is 5.26 Å². The molecule has 1 aromatic carbocycles. The first kappa shape index (κ1) is 15.0. The van der Waals surface area contributed by atoms with Gasteiger partial charge in [-0.3, -0.25) is 0 Å². The summed E-state index contributed by atoms with van der Waals surface area (Å²) in [7, 11) is -3.90. The van der Waals surface area contributed by atoms with Crippen molar-refractivity contribution in [2.24, 2.45) is 0 Å². The average Bonchev–Trinajstić information content (AvgIpc) is 2.14. The van der Waals surface area contributed by atoms with E-state index in [1.165, 1.54) is 0 Å². The zero-order chi connectivity index (χ0) is 10.6. The van der Waals surface area contributed by atoms with Gasteiger partial charge in [0.2, 0.25) is 0 Å². The minimum Gasteiger partial charge on any atom is -0.739 e. The van der Waals surface area contributed by atoms with E-state index >= 15 is 0 Å². The molecule has 0 saturated carbocycles. The monoisotopic (exact) mass is 251 g/mol. The molecule has 1 rings (SSSR count). The van der Waals surface area contributed by atoms with Crippen molar-refractivity contribution in [2.45, 2.75) is 5.75 Å². The van der Waals surface area contributed by atoms with Crippen molar-refractivity contribution >= 4 is 19.9 Å². The number of rotatable bonds is 3. The normalized spacial score (nSPS) is 10.1. The van der Waals surface area contributed by atoms with Gasteiger partial charge >= 0.3 is 29.6 Å². The van der Waals surface area contributed by atoms with Crippen LogP contribution in [0.15, 0.2) is 24.3 Å². The van der Waals surface area contributed by atoms with Crippen molar-refractivity contribution in [3.8, 4) is 6.07 Å². The van der Waals surface area contributed by atoms with E-state index < -0.39 is 9.15 Å². The molecule has 0 spiro atoms. The summed E-state index contributed by atoms with van der Waals surface area (Å²) in [5, 5.41) is 8.49. The molecule has 4 nitrogen and oxygen atoms in total. The van der Waals surface area contributed by atoms with Crippen LogP contribution in [0.2, 0.25) is 0 Å². The number of benzene rings is 1. The molecule has 1 aromatic rings. The van der Waals surface area contributed by atoms with Gasteiger partial charge in [0.05, 0.1) is 11.6 Å². The van der Waals surface area contributed by atoms with Crippen LogP contribution in [0, 0.1) is 11.3 Å². The average molecular weight is 251 g/mol. The maximum atomic E-state index is 10.3. The third-order valence-electron chi connectivity index (χ3n) is 1.45. The van der Waals surface area contributed by atoms with E-state index in [2.05, 4.69) is 0 Å². The molecule has 7 heteroatoms. The maximum absolute atomic E-state index is 10.3. The Kier molecular flexibility index (Phi) is 6.52. The van der Waals surface area contributed by atoms with Crippen molar-refractivity contribution < 1.29 is 42.5 Å². The molecule has 0 aliphatic rings. The van der Waals surface area contributed by atoms with Crippen LogP contribution in [0.3, 0.4) is 0 Å². The molecule has 0 aliphatic heterocycles. The van der Waals surface area contributed by atoms with Crippen LogP contribution in [-0.2, 0) is 14.9 Å². The van der Waals surface area contributed by atoms with Crippen molar-refractivity contribution in [3.63, 3.8) is 0 Å².